The van der Waals surface area contributed by atoms with Gasteiger partial charge < -0.3 is 5.32 Å². The number of anilines is 1. The zero-order valence-corrected chi connectivity index (χ0v) is 14.6. The van der Waals surface area contributed by atoms with Gasteiger partial charge in [0, 0.05) is 17.1 Å². The molecule has 2 atom stereocenters. The molecule has 1 fully saturated rings. The van der Waals surface area contributed by atoms with E-state index in [2.05, 4.69) is 39.6 Å². The molecule has 6 heteroatoms. The molecule has 1 aliphatic carbocycles. The number of thiazole rings is 1. The van der Waals surface area contributed by atoms with E-state index in [4.69, 9.17) is 0 Å². The minimum atomic E-state index is -0.0460. The number of benzene rings is 1. The van der Waals surface area contributed by atoms with E-state index >= 15 is 0 Å². The number of hydrogen-bond donors (Lipinski definition) is 3. The van der Waals surface area contributed by atoms with Gasteiger partial charge in [0.15, 0.2) is 5.13 Å². The summed E-state index contributed by atoms with van der Waals surface area (Å²) >= 11 is 1.74. The Hall–Kier alpha value is -2.08. The number of aromatic amines is 2. The highest BCUT2D eigenvalue weighted by molar-refractivity contribution is 7.15. The lowest BCUT2D eigenvalue weighted by Gasteiger charge is -2.20. The number of aromatic nitrogens is 3. The first-order valence-corrected chi connectivity index (χ1v) is 9.39. The number of nitrogens with one attached hydrogen (secondary N) is 3. The van der Waals surface area contributed by atoms with Crippen molar-refractivity contribution in [2.75, 3.05) is 5.32 Å². The fraction of sp³-hybridized carbons (Fsp3) is 0.444. The molecule has 4 rings (SSSR count). The second-order valence-corrected chi connectivity index (χ2v) is 7.95. The van der Waals surface area contributed by atoms with Crippen molar-refractivity contribution in [1.29, 1.82) is 0 Å². The Morgan fingerprint density at radius 1 is 1.33 bits per heavy atom. The van der Waals surface area contributed by atoms with Crippen LogP contribution in [0.4, 0.5) is 5.13 Å². The summed E-state index contributed by atoms with van der Waals surface area (Å²) in [5, 5.41) is 11.0. The first kappa shape index (κ1) is 15.4. The van der Waals surface area contributed by atoms with Crippen LogP contribution in [0.25, 0.3) is 10.9 Å². The van der Waals surface area contributed by atoms with Crippen LogP contribution in [0.5, 0.6) is 0 Å². The number of fused-ring (bicyclic) bond motifs is 1. The van der Waals surface area contributed by atoms with E-state index in [0.29, 0.717) is 12.0 Å². The predicted octanol–water partition coefficient (Wildman–Crippen LogP) is 3.83. The van der Waals surface area contributed by atoms with Crippen molar-refractivity contribution < 1.29 is 0 Å². The van der Waals surface area contributed by atoms with Gasteiger partial charge in [-0.2, -0.15) is 0 Å². The number of nitrogens with zero attached hydrogens (tertiary/aromatic N) is 1. The Morgan fingerprint density at radius 2 is 2.25 bits per heavy atom. The maximum absolute atomic E-state index is 11.6. The molecule has 5 nitrogen and oxygen atoms in total. The number of rotatable bonds is 5. The molecule has 0 amide bonds. The predicted molar refractivity (Wildman–Crippen MR) is 98.8 cm³/mol. The second kappa shape index (κ2) is 6.43. The third kappa shape index (κ3) is 3.11. The Balaban J connectivity index is 1.40. The smallest absolute Gasteiger partial charge is 0.271 e. The molecule has 2 unspecified atom stereocenters. The normalized spacial score (nSPS) is 20.7. The van der Waals surface area contributed by atoms with Gasteiger partial charge in [-0.25, -0.2) is 4.98 Å². The summed E-state index contributed by atoms with van der Waals surface area (Å²) in [7, 11) is 0. The Bertz CT molecular complexity index is 894. The molecule has 0 aliphatic heterocycles. The fourth-order valence-electron chi connectivity index (χ4n) is 3.74. The van der Waals surface area contributed by atoms with Crippen LogP contribution in [0.3, 0.4) is 0 Å². The molecule has 0 spiro atoms. The van der Waals surface area contributed by atoms with Crippen LogP contribution in [-0.2, 0) is 6.42 Å². The Labute approximate surface area is 144 Å². The van der Waals surface area contributed by atoms with Crippen molar-refractivity contribution in [2.45, 2.75) is 45.1 Å². The summed E-state index contributed by atoms with van der Waals surface area (Å²) in [6, 6.07) is 6.62. The van der Waals surface area contributed by atoms with Crippen molar-refractivity contribution >= 4 is 27.4 Å². The third-order valence-electron chi connectivity index (χ3n) is 5.03. The van der Waals surface area contributed by atoms with Crippen LogP contribution < -0.4 is 10.9 Å². The first-order chi connectivity index (χ1) is 11.7. The first-order valence-electron chi connectivity index (χ1n) is 8.57. The standard InChI is InChI=1S/C18H22N4OS/c1-11-10-19-18(24-11)20-15-4-2-3-13(15)7-5-12-6-8-14-16(9-12)21-22-17(14)23/h6,8-10,13,15H,2-5,7H2,1H3,(H,19,20)(H2,21,22,23). The van der Waals surface area contributed by atoms with E-state index in [-0.39, 0.29) is 5.56 Å². The van der Waals surface area contributed by atoms with Gasteiger partial charge in [-0.05, 0) is 56.2 Å². The molecule has 1 aromatic carbocycles. The number of aryl methyl sites for hydroxylation is 2. The van der Waals surface area contributed by atoms with E-state index in [1.165, 1.54) is 36.1 Å². The topological polar surface area (TPSA) is 73.6 Å². The van der Waals surface area contributed by atoms with Crippen LogP contribution >= 0.6 is 11.3 Å². The van der Waals surface area contributed by atoms with E-state index in [1.807, 2.05) is 12.3 Å². The van der Waals surface area contributed by atoms with Crippen LogP contribution in [0.2, 0.25) is 0 Å². The highest BCUT2D eigenvalue weighted by atomic mass is 32.1. The summed E-state index contributed by atoms with van der Waals surface area (Å²) in [5.41, 5.74) is 2.14. The maximum atomic E-state index is 11.6. The van der Waals surface area contributed by atoms with Crippen molar-refractivity contribution in [3.05, 3.63) is 45.2 Å². The lowest BCUT2D eigenvalue weighted by Crippen LogP contribution is -2.24. The van der Waals surface area contributed by atoms with Gasteiger partial charge in [-0.1, -0.05) is 12.5 Å². The van der Waals surface area contributed by atoms with Gasteiger partial charge >= 0.3 is 0 Å². The van der Waals surface area contributed by atoms with Gasteiger partial charge in [0.1, 0.15) is 0 Å². The Morgan fingerprint density at radius 3 is 3.08 bits per heavy atom. The van der Waals surface area contributed by atoms with Gasteiger partial charge in [0.25, 0.3) is 5.56 Å². The van der Waals surface area contributed by atoms with Crippen LogP contribution in [0.15, 0.2) is 29.2 Å². The number of hydrogen-bond acceptors (Lipinski definition) is 4. The molecule has 0 radical (unpaired) electrons. The van der Waals surface area contributed by atoms with Gasteiger partial charge in [-0.15, -0.1) is 11.3 Å². The quantitative estimate of drug-likeness (QED) is 0.659. The van der Waals surface area contributed by atoms with Crippen molar-refractivity contribution in [3.8, 4) is 0 Å². The summed E-state index contributed by atoms with van der Waals surface area (Å²) in [6.07, 6.45) is 7.95. The van der Waals surface area contributed by atoms with Crippen LogP contribution in [-0.4, -0.2) is 21.2 Å². The van der Waals surface area contributed by atoms with Gasteiger partial charge in [-0.3, -0.25) is 15.0 Å². The third-order valence-corrected chi connectivity index (χ3v) is 5.88. The fourth-order valence-corrected chi connectivity index (χ4v) is 4.47. The molecule has 0 bridgehead atoms. The average Bonchev–Trinajstić information content (AvgIpc) is 3.28. The molecule has 0 saturated heterocycles. The maximum Gasteiger partial charge on any atom is 0.271 e. The summed E-state index contributed by atoms with van der Waals surface area (Å²) in [5.74, 6) is 0.690. The van der Waals surface area contributed by atoms with E-state index in [9.17, 15) is 4.79 Å². The molecule has 126 valence electrons. The van der Waals surface area contributed by atoms with E-state index in [1.54, 1.807) is 11.3 Å². The van der Waals surface area contributed by atoms with E-state index < -0.39 is 0 Å². The van der Waals surface area contributed by atoms with Gasteiger partial charge in [0.2, 0.25) is 0 Å². The van der Waals surface area contributed by atoms with Crippen molar-refractivity contribution in [1.82, 2.24) is 15.2 Å². The summed E-state index contributed by atoms with van der Waals surface area (Å²) < 4.78 is 0. The molecular weight excluding hydrogens is 320 g/mol. The molecule has 1 aliphatic rings. The van der Waals surface area contributed by atoms with Crippen LogP contribution in [0, 0.1) is 12.8 Å². The zero-order chi connectivity index (χ0) is 16.5. The molecule has 3 aromatic rings. The monoisotopic (exact) mass is 342 g/mol. The summed E-state index contributed by atoms with van der Waals surface area (Å²) in [4.78, 5) is 17.3. The molecule has 3 N–H and O–H groups in total. The SMILES string of the molecule is Cc1cnc(NC2CCCC2CCc2ccc3c(=O)[nH][nH]c3c2)s1. The van der Waals surface area contributed by atoms with E-state index in [0.717, 1.165) is 22.5 Å². The highest BCUT2D eigenvalue weighted by Gasteiger charge is 2.27. The second-order valence-electron chi connectivity index (χ2n) is 6.72. The summed E-state index contributed by atoms with van der Waals surface area (Å²) in [6.45, 7) is 2.09. The molecule has 1 saturated carbocycles. The average molecular weight is 342 g/mol. The van der Waals surface area contributed by atoms with Gasteiger partial charge in [0.05, 0.1) is 10.9 Å². The largest absolute Gasteiger partial charge is 0.359 e. The van der Waals surface area contributed by atoms with Crippen molar-refractivity contribution in [2.24, 2.45) is 5.92 Å². The minimum Gasteiger partial charge on any atom is -0.359 e. The molecular formula is C18H22N4OS. The molecule has 24 heavy (non-hydrogen) atoms. The van der Waals surface area contributed by atoms with Crippen LogP contribution in [0.1, 0.15) is 36.1 Å². The molecule has 2 heterocycles. The zero-order valence-electron chi connectivity index (χ0n) is 13.8. The molecule has 2 aromatic heterocycles. The van der Waals surface area contributed by atoms with Crippen molar-refractivity contribution in [3.63, 3.8) is 0 Å². The Kier molecular flexibility index (Phi) is 4.14. The highest BCUT2D eigenvalue weighted by Crippen LogP contribution is 2.33. The minimum absolute atomic E-state index is 0.0460. The number of H-pyrrole nitrogens is 2. The lowest BCUT2D eigenvalue weighted by molar-refractivity contribution is 0.467. The lowest BCUT2D eigenvalue weighted by atomic mass is 9.95.